The highest BCUT2D eigenvalue weighted by atomic mass is 32.2. The van der Waals surface area contributed by atoms with E-state index in [0.29, 0.717) is 19.4 Å². The Morgan fingerprint density at radius 2 is 1.94 bits per heavy atom. The van der Waals surface area contributed by atoms with Crippen LogP contribution in [0.4, 0.5) is 4.79 Å². The molecule has 2 saturated heterocycles. The Hall–Kier alpha value is -0.820. The molecule has 2 N–H and O–H groups in total. The van der Waals surface area contributed by atoms with Crippen LogP contribution in [0.15, 0.2) is 0 Å². The normalized spacial score (nSPS) is 30.2. The van der Waals surface area contributed by atoms with Crippen LogP contribution < -0.4 is 10.6 Å². The number of sulfone groups is 1. The van der Waals surface area contributed by atoms with Gasteiger partial charge in [0, 0.05) is 19.7 Å². The minimum absolute atomic E-state index is 0.103. The number of hydrogen-bond acceptors (Lipinski definition) is 4. The van der Waals surface area contributed by atoms with E-state index in [1.165, 1.54) is 0 Å². The van der Waals surface area contributed by atoms with Crippen LogP contribution in [0.2, 0.25) is 0 Å². The van der Waals surface area contributed by atoms with Gasteiger partial charge in [-0.25, -0.2) is 13.2 Å². The molecule has 0 radical (unpaired) electrons. The van der Waals surface area contributed by atoms with Gasteiger partial charge >= 0.3 is 6.03 Å². The maximum Gasteiger partial charge on any atom is 0.314 e. The summed E-state index contributed by atoms with van der Waals surface area (Å²) in [6, 6.07) is -0.312. The third-order valence-electron chi connectivity index (χ3n) is 3.47. The second-order valence-electron chi connectivity index (χ2n) is 4.86. The predicted octanol–water partition coefficient (Wildman–Crippen LogP) is 0.0418. The molecular weight excluding hydrogens is 256 g/mol. The van der Waals surface area contributed by atoms with Gasteiger partial charge < -0.3 is 15.4 Å². The van der Waals surface area contributed by atoms with E-state index in [-0.39, 0.29) is 24.4 Å². The number of nitrogens with one attached hydrogen (secondary N) is 2. The average Bonchev–Trinajstić information content (AvgIpc) is 2.93. The molecule has 104 valence electrons. The van der Waals surface area contributed by atoms with Crippen LogP contribution in [-0.2, 0) is 14.6 Å². The smallest absolute Gasteiger partial charge is 0.314 e. The van der Waals surface area contributed by atoms with Crippen molar-refractivity contribution in [3.63, 3.8) is 0 Å². The molecule has 0 aromatic rings. The van der Waals surface area contributed by atoms with E-state index in [9.17, 15) is 13.2 Å². The second kappa shape index (κ2) is 5.88. The first-order chi connectivity index (χ1) is 8.58. The van der Waals surface area contributed by atoms with Crippen molar-refractivity contribution in [2.24, 2.45) is 0 Å². The maximum absolute atomic E-state index is 11.5. The van der Waals surface area contributed by atoms with Crippen LogP contribution in [0.5, 0.6) is 0 Å². The Morgan fingerprint density at radius 1 is 1.17 bits per heavy atom. The zero-order valence-electron chi connectivity index (χ0n) is 10.4. The van der Waals surface area contributed by atoms with E-state index in [0.717, 1.165) is 19.4 Å². The first-order valence-corrected chi connectivity index (χ1v) is 8.14. The van der Waals surface area contributed by atoms with Crippen molar-refractivity contribution >= 4 is 15.9 Å². The second-order valence-corrected chi connectivity index (χ2v) is 7.26. The van der Waals surface area contributed by atoms with Crippen molar-refractivity contribution in [3.8, 4) is 0 Å². The molecule has 0 aliphatic carbocycles. The SMILES string of the molecule is O=C(NC[C@H]1CCCO1)NC[C@H]1CCCS1(=O)=O. The Kier molecular flexibility index (Phi) is 4.45. The molecule has 0 spiro atoms. The summed E-state index contributed by atoms with van der Waals surface area (Å²) < 4.78 is 28.5. The van der Waals surface area contributed by atoms with Gasteiger partial charge in [-0.2, -0.15) is 0 Å². The van der Waals surface area contributed by atoms with Gasteiger partial charge in [-0.1, -0.05) is 0 Å². The number of carbonyl (C=O) groups excluding carboxylic acids is 1. The van der Waals surface area contributed by atoms with Crippen LogP contribution >= 0.6 is 0 Å². The first kappa shape index (κ1) is 13.6. The molecular formula is C11H20N2O4S. The molecule has 0 bridgehead atoms. The summed E-state index contributed by atoms with van der Waals surface area (Å²) in [7, 11) is -2.98. The van der Waals surface area contributed by atoms with E-state index in [4.69, 9.17) is 4.74 Å². The van der Waals surface area contributed by atoms with Gasteiger partial charge in [0.1, 0.15) is 0 Å². The van der Waals surface area contributed by atoms with Gasteiger partial charge in [0.15, 0.2) is 9.84 Å². The molecule has 2 amide bonds. The fourth-order valence-corrected chi connectivity index (χ4v) is 4.13. The third kappa shape index (κ3) is 3.58. The summed E-state index contributed by atoms with van der Waals surface area (Å²) in [5.74, 6) is 0.247. The number of rotatable bonds is 4. The van der Waals surface area contributed by atoms with E-state index in [2.05, 4.69) is 10.6 Å². The lowest BCUT2D eigenvalue weighted by atomic mass is 10.2. The lowest BCUT2D eigenvalue weighted by Crippen LogP contribution is -2.43. The fourth-order valence-electron chi connectivity index (χ4n) is 2.37. The average molecular weight is 276 g/mol. The topological polar surface area (TPSA) is 84.5 Å². The molecule has 0 saturated carbocycles. The summed E-state index contributed by atoms with van der Waals surface area (Å²) in [6.07, 6.45) is 3.46. The number of amides is 2. The lowest BCUT2D eigenvalue weighted by Gasteiger charge is -2.13. The standard InChI is InChI=1S/C11H20N2O4S/c14-11(12-7-9-3-1-5-17-9)13-8-10-4-2-6-18(10,15)16/h9-10H,1-8H2,(H2,12,13,14)/t9-,10-/m1/s1. The molecule has 2 aliphatic heterocycles. The fraction of sp³-hybridized carbons (Fsp3) is 0.909. The molecule has 6 nitrogen and oxygen atoms in total. The number of urea groups is 1. The quantitative estimate of drug-likeness (QED) is 0.759. The van der Waals surface area contributed by atoms with Crippen molar-refractivity contribution in [2.45, 2.75) is 37.0 Å². The molecule has 0 unspecified atom stereocenters. The van der Waals surface area contributed by atoms with Crippen molar-refractivity contribution in [1.29, 1.82) is 0 Å². The third-order valence-corrected chi connectivity index (χ3v) is 5.74. The zero-order valence-corrected chi connectivity index (χ0v) is 11.2. The van der Waals surface area contributed by atoms with E-state index in [1.807, 2.05) is 0 Å². The number of hydrogen-bond donors (Lipinski definition) is 2. The Bertz CT molecular complexity index is 390. The summed E-state index contributed by atoms with van der Waals surface area (Å²) in [6.45, 7) is 1.46. The van der Waals surface area contributed by atoms with Crippen LogP contribution in [0.25, 0.3) is 0 Å². The van der Waals surface area contributed by atoms with Crippen LogP contribution in [0.1, 0.15) is 25.7 Å². The summed E-state index contributed by atoms with van der Waals surface area (Å²) >= 11 is 0. The van der Waals surface area contributed by atoms with Gasteiger partial charge in [-0.3, -0.25) is 0 Å². The molecule has 2 rings (SSSR count). The van der Waals surface area contributed by atoms with Crippen molar-refractivity contribution in [2.75, 3.05) is 25.4 Å². The molecule has 0 aromatic heterocycles. The largest absolute Gasteiger partial charge is 0.376 e. The highest BCUT2D eigenvalue weighted by Gasteiger charge is 2.31. The predicted molar refractivity (Wildman–Crippen MR) is 67.2 cm³/mol. The Labute approximate surface area is 107 Å². The van der Waals surface area contributed by atoms with Crippen LogP contribution in [0.3, 0.4) is 0 Å². The first-order valence-electron chi connectivity index (χ1n) is 6.43. The molecule has 0 aromatic carbocycles. The molecule has 2 fully saturated rings. The molecule has 2 aliphatic rings. The zero-order chi connectivity index (χ0) is 13.0. The summed E-state index contributed by atoms with van der Waals surface area (Å²) in [5, 5.41) is 4.91. The molecule has 7 heteroatoms. The summed E-state index contributed by atoms with van der Waals surface area (Å²) in [4.78, 5) is 11.5. The van der Waals surface area contributed by atoms with Gasteiger partial charge in [0.2, 0.25) is 0 Å². The minimum atomic E-state index is -2.98. The van der Waals surface area contributed by atoms with Crippen molar-refractivity contribution < 1.29 is 17.9 Å². The lowest BCUT2D eigenvalue weighted by molar-refractivity contribution is 0.111. The molecule has 2 atom stereocenters. The highest BCUT2D eigenvalue weighted by molar-refractivity contribution is 7.92. The summed E-state index contributed by atoms with van der Waals surface area (Å²) in [5.41, 5.74) is 0. The molecule has 18 heavy (non-hydrogen) atoms. The minimum Gasteiger partial charge on any atom is -0.376 e. The monoisotopic (exact) mass is 276 g/mol. The van der Waals surface area contributed by atoms with E-state index < -0.39 is 15.1 Å². The van der Waals surface area contributed by atoms with Gasteiger partial charge in [-0.05, 0) is 25.7 Å². The number of ether oxygens (including phenoxy) is 1. The maximum atomic E-state index is 11.5. The van der Waals surface area contributed by atoms with Gasteiger partial charge in [-0.15, -0.1) is 0 Å². The number of carbonyl (C=O) groups is 1. The Balaban J connectivity index is 1.65. The van der Waals surface area contributed by atoms with Gasteiger partial charge in [0.25, 0.3) is 0 Å². The van der Waals surface area contributed by atoms with Crippen molar-refractivity contribution in [3.05, 3.63) is 0 Å². The van der Waals surface area contributed by atoms with E-state index in [1.54, 1.807) is 0 Å². The van der Waals surface area contributed by atoms with Crippen molar-refractivity contribution in [1.82, 2.24) is 10.6 Å². The van der Waals surface area contributed by atoms with Crippen LogP contribution in [0, 0.1) is 0 Å². The van der Waals surface area contributed by atoms with E-state index >= 15 is 0 Å². The highest BCUT2D eigenvalue weighted by Crippen LogP contribution is 2.18. The molecule has 2 heterocycles. The van der Waals surface area contributed by atoms with Gasteiger partial charge in [0.05, 0.1) is 17.1 Å². The Morgan fingerprint density at radius 3 is 2.56 bits per heavy atom. The van der Waals surface area contributed by atoms with Crippen LogP contribution in [-0.4, -0.2) is 51.3 Å².